The third-order valence-corrected chi connectivity index (χ3v) is 2.56. The van der Waals surface area contributed by atoms with Crippen molar-refractivity contribution < 1.29 is 9.90 Å². The van der Waals surface area contributed by atoms with Crippen molar-refractivity contribution >= 4 is 5.78 Å². The third kappa shape index (κ3) is 2.02. The Morgan fingerprint density at radius 1 is 1.43 bits per heavy atom. The van der Waals surface area contributed by atoms with Gasteiger partial charge in [-0.3, -0.25) is 4.79 Å². The van der Waals surface area contributed by atoms with Crippen molar-refractivity contribution in [2.75, 3.05) is 0 Å². The van der Waals surface area contributed by atoms with E-state index in [1.807, 2.05) is 26.0 Å². The summed E-state index contributed by atoms with van der Waals surface area (Å²) in [6.07, 6.45) is -0.401. The molecule has 0 spiro atoms. The Hall–Kier alpha value is -1.15. The summed E-state index contributed by atoms with van der Waals surface area (Å²) < 4.78 is 0. The number of carbonyl (C=O) groups excluding carboxylic acids is 1. The van der Waals surface area contributed by atoms with Crippen LogP contribution in [0.4, 0.5) is 0 Å². The molecular formula is C12H16O2. The molecule has 1 N–H and O–H groups in total. The van der Waals surface area contributed by atoms with Crippen LogP contribution in [0.5, 0.6) is 0 Å². The second-order valence-electron chi connectivity index (χ2n) is 3.54. The van der Waals surface area contributed by atoms with E-state index in [-0.39, 0.29) is 5.78 Å². The summed E-state index contributed by atoms with van der Waals surface area (Å²) in [6, 6.07) is 5.58. The largest absolute Gasteiger partial charge is 0.385 e. The molecule has 1 aromatic rings. The zero-order valence-electron chi connectivity index (χ0n) is 8.87. The molecule has 0 aromatic heterocycles. The zero-order chi connectivity index (χ0) is 10.7. The van der Waals surface area contributed by atoms with E-state index in [1.54, 1.807) is 13.0 Å². The SMILES string of the molecule is CCC(O)C(=O)c1cccc(C)c1C. The number of benzene rings is 1. The number of aliphatic hydroxyl groups excluding tert-OH is 1. The first-order chi connectivity index (χ1) is 6.57. The van der Waals surface area contributed by atoms with Crippen LogP contribution in [0, 0.1) is 13.8 Å². The third-order valence-electron chi connectivity index (χ3n) is 2.56. The minimum atomic E-state index is -0.865. The molecule has 1 rings (SSSR count). The Labute approximate surface area is 84.6 Å². The zero-order valence-corrected chi connectivity index (χ0v) is 8.87. The molecule has 2 nitrogen and oxygen atoms in total. The molecule has 1 unspecified atom stereocenters. The molecule has 1 atom stereocenters. The highest BCUT2D eigenvalue weighted by Crippen LogP contribution is 2.15. The van der Waals surface area contributed by atoms with Crippen molar-refractivity contribution in [1.29, 1.82) is 0 Å². The molecule has 1 aromatic carbocycles. The van der Waals surface area contributed by atoms with Crippen molar-refractivity contribution in [3.05, 3.63) is 34.9 Å². The first-order valence-electron chi connectivity index (χ1n) is 4.86. The van der Waals surface area contributed by atoms with Gasteiger partial charge in [-0.2, -0.15) is 0 Å². The van der Waals surface area contributed by atoms with Crippen molar-refractivity contribution in [2.45, 2.75) is 33.3 Å². The highest BCUT2D eigenvalue weighted by Gasteiger charge is 2.17. The number of carbonyl (C=O) groups is 1. The van der Waals surface area contributed by atoms with E-state index in [9.17, 15) is 9.90 Å². The van der Waals surface area contributed by atoms with Crippen LogP contribution in [-0.2, 0) is 0 Å². The van der Waals surface area contributed by atoms with Gasteiger partial charge >= 0.3 is 0 Å². The van der Waals surface area contributed by atoms with E-state index in [4.69, 9.17) is 0 Å². The van der Waals surface area contributed by atoms with Crippen LogP contribution in [0.25, 0.3) is 0 Å². The summed E-state index contributed by atoms with van der Waals surface area (Å²) in [5.41, 5.74) is 2.68. The lowest BCUT2D eigenvalue weighted by Gasteiger charge is -2.10. The number of hydrogen-bond acceptors (Lipinski definition) is 2. The molecule has 0 saturated heterocycles. The van der Waals surface area contributed by atoms with Crippen LogP contribution < -0.4 is 0 Å². The van der Waals surface area contributed by atoms with Gasteiger partial charge in [0.15, 0.2) is 5.78 Å². The maximum absolute atomic E-state index is 11.7. The number of aryl methyl sites for hydroxylation is 1. The molecule has 0 fully saturated rings. The van der Waals surface area contributed by atoms with Gasteiger partial charge in [0.05, 0.1) is 0 Å². The summed E-state index contributed by atoms with van der Waals surface area (Å²) >= 11 is 0. The molecule has 0 saturated carbocycles. The second-order valence-corrected chi connectivity index (χ2v) is 3.54. The molecular weight excluding hydrogens is 176 g/mol. The highest BCUT2D eigenvalue weighted by molar-refractivity contribution is 6.00. The monoisotopic (exact) mass is 192 g/mol. The van der Waals surface area contributed by atoms with Gasteiger partial charge in [-0.25, -0.2) is 0 Å². The van der Waals surface area contributed by atoms with E-state index in [2.05, 4.69) is 0 Å². The van der Waals surface area contributed by atoms with E-state index in [0.29, 0.717) is 12.0 Å². The molecule has 2 heteroatoms. The maximum atomic E-state index is 11.7. The van der Waals surface area contributed by atoms with Gasteiger partial charge in [0.1, 0.15) is 6.10 Å². The molecule has 0 aliphatic rings. The van der Waals surface area contributed by atoms with Crippen molar-refractivity contribution in [1.82, 2.24) is 0 Å². The normalized spacial score (nSPS) is 12.6. The summed E-state index contributed by atoms with van der Waals surface area (Å²) in [4.78, 5) is 11.7. The minimum absolute atomic E-state index is 0.172. The van der Waals surface area contributed by atoms with Gasteiger partial charge in [-0.15, -0.1) is 0 Å². The Morgan fingerprint density at radius 3 is 2.64 bits per heavy atom. The Morgan fingerprint density at radius 2 is 2.07 bits per heavy atom. The predicted molar refractivity (Wildman–Crippen MR) is 56.5 cm³/mol. The standard InChI is InChI=1S/C12H16O2/c1-4-11(13)12(14)10-7-5-6-8(2)9(10)3/h5-7,11,13H,4H2,1-3H3. The summed E-state index contributed by atoms with van der Waals surface area (Å²) in [5.74, 6) is -0.172. The fourth-order valence-corrected chi connectivity index (χ4v) is 1.38. The lowest BCUT2D eigenvalue weighted by molar-refractivity contribution is 0.0740. The van der Waals surface area contributed by atoms with Crippen LogP contribution in [0.1, 0.15) is 34.8 Å². The molecule has 0 radical (unpaired) electrons. The van der Waals surface area contributed by atoms with Gasteiger partial charge in [0.25, 0.3) is 0 Å². The van der Waals surface area contributed by atoms with Crippen LogP contribution in [0.3, 0.4) is 0 Å². The summed E-state index contributed by atoms with van der Waals surface area (Å²) in [6.45, 7) is 5.67. The lowest BCUT2D eigenvalue weighted by Crippen LogP contribution is -2.20. The van der Waals surface area contributed by atoms with E-state index in [0.717, 1.165) is 11.1 Å². The average Bonchev–Trinajstić information content (AvgIpc) is 2.20. The first kappa shape index (κ1) is 10.9. The average molecular weight is 192 g/mol. The van der Waals surface area contributed by atoms with Gasteiger partial charge in [0, 0.05) is 5.56 Å². The molecule has 0 aliphatic heterocycles. The van der Waals surface area contributed by atoms with Crippen molar-refractivity contribution in [3.8, 4) is 0 Å². The Kier molecular flexibility index (Phi) is 3.42. The number of aliphatic hydroxyl groups is 1. The van der Waals surface area contributed by atoms with Crippen LogP contribution in [0.15, 0.2) is 18.2 Å². The number of Topliss-reactive ketones (excluding diaryl/α,β-unsaturated/α-hetero) is 1. The van der Waals surface area contributed by atoms with Gasteiger partial charge in [-0.1, -0.05) is 25.1 Å². The van der Waals surface area contributed by atoms with Crippen LogP contribution in [-0.4, -0.2) is 17.0 Å². The highest BCUT2D eigenvalue weighted by atomic mass is 16.3. The number of rotatable bonds is 3. The Bertz CT molecular complexity index is 342. The summed E-state index contributed by atoms with van der Waals surface area (Å²) in [5, 5.41) is 9.45. The van der Waals surface area contributed by atoms with E-state index >= 15 is 0 Å². The van der Waals surface area contributed by atoms with Gasteiger partial charge < -0.3 is 5.11 Å². The minimum Gasteiger partial charge on any atom is -0.385 e. The number of hydrogen-bond donors (Lipinski definition) is 1. The first-order valence-corrected chi connectivity index (χ1v) is 4.86. The molecule has 14 heavy (non-hydrogen) atoms. The van der Waals surface area contributed by atoms with Crippen molar-refractivity contribution in [2.24, 2.45) is 0 Å². The lowest BCUT2D eigenvalue weighted by atomic mass is 9.97. The fraction of sp³-hybridized carbons (Fsp3) is 0.417. The Balaban J connectivity index is 3.07. The van der Waals surface area contributed by atoms with Crippen LogP contribution in [0.2, 0.25) is 0 Å². The molecule has 0 aliphatic carbocycles. The molecule has 76 valence electrons. The molecule has 0 heterocycles. The van der Waals surface area contributed by atoms with E-state index < -0.39 is 6.10 Å². The van der Waals surface area contributed by atoms with Crippen LogP contribution >= 0.6 is 0 Å². The predicted octanol–water partition coefficient (Wildman–Crippen LogP) is 2.26. The summed E-state index contributed by atoms with van der Waals surface area (Å²) in [7, 11) is 0. The van der Waals surface area contributed by atoms with E-state index in [1.165, 1.54) is 0 Å². The second kappa shape index (κ2) is 4.38. The smallest absolute Gasteiger partial charge is 0.191 e. The van der Waals surface area contributed by atoms with Gasteiger partial charge in [0.2, 0.25) is 0 Å². The van der Waals surface area contributed by atoms with Gasteiger partial charge in [-0.05, 0) is 31.4 Å². The molecule has 0 amide bonds. The van der Waals surface area contributed by atoms with Crippen molar-refractivity contribution in [3.63, 3.8) is 0 Å². The maximum Gasteiger partial charge on any atom is 0.191 e. The molecule has 0 bridgehead atoms. The number of ketones is 1. The quantitative estimate of drug-likeness (QED) is 0.746. The fourth-order valence-electron chi connectivity index (χ4n) is 1.38. The topological polar surface area (TPSA) is 37.3 Å².